The lowest BCUT2D eigenvalue weighted by Gasteiger charge is -2.34. The van der Waals surface area contributed by atoms with Crippen LogP contribution in [0.1, 0.15) is 50.8 Å². The van der Waals surface area contributed by atoms with Crippen molar-refractivity contribution in [3.63, 3.8) is 0 Å². The van der Waals surface area contributed by atoms with E-state index in [4.69, 9.17) is 19.6 Å². The van der Waals surface area contributed by atoms with Gasteiger partial charge in [-0.25, -0.2) is 5.01 Å². The van der Waals surface area contributed by atoms with E-state index < -0.39 is 6.17 Å². The number of nitrogens with zero attached hydrogens (tertiary/aromatic N) is 3. The van der Waals surface area contributed by atoms with Crippen LogP contribution in [0.15, 0.2) is 52.6 Å². The third-order valence-corrected chi connectivity index (χ3v) is 6.65. The average Bonchev–Trinajstić information content (AvgIpc) is 3.28. The number of carbonyl (C=O) groups excluding carboxylic acids is 1. The third kappa shape index (κ3) is 4.07. The fourth-order valence-corrected chi connectivity index (χ4v) is 4.91. The zero-order chi connectivity index (χ0) is 21.9. The number of rotatable bonds is 7. The maximum atomic E-state index is 13.2. The molecule has 0 aliphatic carbocycles. The van der Waals surface area contributed by atoms with Gasteiger partial charge >= 0.3 is 0 Å². The number of unbranched alkanes of at least 4 members (excludes halogenated alkanes) is 4. The molecular formula is C24H26N4O3S. The molecule has 8 heteroatoms. The highest BCUT2D eigenvalue weighted by atomic mass is 32.2. The Morgan fingerprint density at radius 2 is 1.94 bits per heavy atom. The van der Waals surface area contributed by atoms with Gasteiger partial charge in [-0.2, -0.15) is 0 Å². The molecule has 0 spiro atoms. The van der Waals surface area contributed by atoms with Crippen LogP contribution in [0.3, 0.4) is 0 Å². The lowest BCUT2D eigenvalue weighted by atomic mass is 10.1. The minimum atomic E-state index is -0.458. The van der Waals surface area contributed by atoms with Crippen molar-refractivity contribution in [2.45, 2.75) is 45.2 Å². The molecule has 0 saturated carbocycles. The lowest BCUT2D eigenvalue weighted by molar-refractivity contribution is -0.116. The van der Waals surface area contributed by atoms with Crippen molar-refractivity contribution in [2.75, 3.05) is 12.5 Å². The van der Waals surface area contributed by atoms with Crippen LogP contribution >= 0.6 is 11.8 Å². The molecule has 166 valence electrons. The Labute approximate surface area is 191 Å². The molecule has 0 fully saturated rings. The zero-order valence-electron chi connectivity index (χ0n) is 18.0. The lowest BCUT2D eigenvalue weighted by Crippen LogP contribution is -2.50. The van der Waals surface area contributed by atoms with E-state index in [0.29, 0.717) is 22.4 Å². The Hall–Kier alpha value is -3.00. The molecule has 3 aliphatic heterocycles. The van der Waals surface area contributed by atoms with Gasteiger partial charge in [0.15, 0.2) is 22.8 Å². The first-order valence-electron chi connectivity index (χ1n) is 11.1. The maximum Gasteiger partial charge on any atom is 0.276 e. The number of amides is 1. The Bertz CT molecular complexity index is 1180. The summed E-state index contributed by atoms with van der Waals surface area (Å²) in [7, 11) is 0. The van der Waals surface area contributed by atoms with Gasteiger partial charge in [0.05, 0.1) is 5.36 Å². The van der Waals surface area contributed by atoms with Crippen LogP contribution in [-0.2, 0) is 4.79 Å². The molecule has 0 saturated heterocycles. The fourth-order valence-electron chi connectivity index (χ4n) is 4.06. The molecule has 1 N–H and O–H groups in total. The van der Waals surface area contributed by atoms with E-state index in [0.717, 1.165) is 28.3 Å². The van der Waals surface area contributed by atoms with E-state index in [1.165, 1.54) is 25.7 Å². The summed E-state index contributed by atoms with van der Waals surface area (Å²) >= 11 is 1.59. The van der Waals surface area contributed by atoms with Gasteiger partial charge in [0.2, 0.25) is 6.79 Å². The van der Waals surface area contributed by atoms with Crippen molar-refractivity contribution in [1.29, 1.82) is 0 Å². The number of carbonyl (C=O) groups is 1. The first-order chi connectivity index (χ1) is 15.7. The van der Waals surface area contributed by atoms with Crippen molar-refractivity contribution in [3.8, 4) is 11.5 Å². The standard InChI is InChI=1S/C24H26N4O3S/c1-2-3-4-5-8-13-32-24-26-23(29)21-17-9-6-7-10-18(17)25-22(28(21)27-24)16-11-12-19-20(14-16)31-15-30-19/h6-7,9-12,14,22H,2-5,8,13,15H2,1H3,(H,26,27,29). The molecule has 32 heavy (non-hydrogen) atoms. The molecule has 5 rings (SSSR count). The molecule has 0 aromatic heterocycles. The fraction of sp³-hybridized carbons (Fsp3) is 0.375. The van der Waals surface area contributed by atoms with Gasteiger partial charge in [-0.3, -0.25) is 15.1 Å². The molecule has 7 nitrogen and oxygen atoms in total. The number of para-hydroxylation sites is 1. The van der Waals surface area contributed by atoms with Crippen LogP contribution in [0.5, 0.6) is 11.5 Å². The second-order valence-electron chi connectivity index (χ2n) is 7.95. The van der Waals surface area contributed by atoms with E-state index in [9.17, 15) is 4.79 Å². The molecule has 1 amide bonds. The number of hydrogen-bond donors (Lipinski definition) is 1. The molecule has 0 bridgehead atoms. The van der Waals surface area contributed by atoms with Crippen molar-refractivity contribution < 1.29 is 14.3 Å². The number of thioether (sulfide) groups is 1. The second-order valence-corrected chi connectivity index (χ2v) is 9.03. The molecule has 2 aromatic carbocycles. The van der Waals surface area contributed by atoms with Crippen molar-refractivity contribution in [1.82, 2.24) is 10.3 Å². The predicted octanol–water partition coefficient (Wildman–Crippen LogP) is 3.26. The van der Waals surface area contributed by atoms with E-state index in [-0.39, 0.29) is 12.7 Å². The number of nitrogens with one attached hydrogen (secondary N) is 1. The van der Waals surface area contributed by atoms with Crippen LogP contribution in [0, 0.1) is 0 Å². The molecule has 3 aliphatic rings. The van der Waals surface area contributed by atoms with E-state index in [1.807, 2.05) is 42.5 Å². The zero-order valence-corrected chi connectivity index (χ0v) is 18.9. The van der Waals surface area contributed by atoms with Crippen LogP contribution in [0.4, 0.5) is 0 Å². The first-order valence-corrected chi connectivity index (χ1v) is 12.1. The molecule has 0 radical (unpaired) electrons. The summed E-state index contributed by atoms with van der Waals surface area (Å²) < 4.78 is 11.0. The number of benzene rings is 2. The molecule has 2 aromatic rings. The Morgan fingerprint density at radius 1 is 1.09 bits per heavy atom. The predicted molar refractivity (Wildman–Crippen MR) is 125 cm³/mol. The summed E-state index contributed by atoms with van der Waals surface area (Å²) in [5.74, 6) is 2.18. The summed E-state index contributed by atoms with van der Waals surface area (Å²) in [5.41, 5.74) is 1.41. The van der Waals surface area contributed by atoms with Gasteiger partial charge in [-0.15, -0.1) is 5.10 Å². The van der Waals surface area contributed by atoms with E-state index in [1.54, 1.807) is 16.8 Å². The average molecular weight is 451 g/mol. The number of fused-ring (bicyclic) bond motifs is 3. The Balaban J connectivity index is 1.46. The maximum absolute atomic E-state index is 13.2. The Morgan fingerprint density at radius 3 is 2.84 bits per heavy atom. The topological polar surface area (TPSA) is 75.5 Å². The monoisotopic (exact) mass is 450 g/mol. The normalized spacial score (nSPS) is 18.5. The summed E-state index contributed by atoms with van der Waals surface area (Å²) in [6.07, 6.45) is 5.60. The summed E-state index contributed by atoms with van der Waals surface area (Å²) in [5, 5.41) is 11.7. The first kappa shape index (κ1) is 20.9. The highest BCUT2D eigenvalue weighted by Crippen LogP contribution is 2.38. The van der Waals surface area contributed by atoms with Crippen molar-refractivity contribution in [3.05, 3.63) is 58.6 Å². The van der Waals surface area contributed by atoms with Crippen LogP contribution in [0.25, 0.3) is 5.70 Å². The van der Waals surface area contributed by atoms with Crippen LogP contribution in [-0.4, -0.2) is 28.6 Å². The SMILES string of the molecule is CCCCCCCSC1=NN2C(=c3ccccc3=NC2c2ccc3c(c2)OCO3)C(=O)N1. The van der Waals surface area contributed by atoms with Crippen LogP contribution < -0.4 is 25.4 Å². The second kappa shape index (κ2) is 9.24. The van der Waals surface area contributed by atoms with Gasteiger partial charge < -0.3 is 9.47 Å². The number of amidine groups is 1. The highest BCUT2D eigenvalue weighted by Gasteiger charge is 2.35. The minimum Gasteiger partial charge on any atom is -0.454 e. The Kier molecular flexibility index (Phi) is 6.03. The van der Waals surface area contributed by atoms with Gasteiger partial charge in [0.25, 0.3) is 5.91 Å². The molecule has 3 heterocycles. The van der Waals surface area contributed by atoms with Gasteiger partial charge in [0.1, 0.15) is 5.70 Å². The molecular weight excluding hydrogens is 424 g/mol. The van der Waals surface area contributed by atoms with Gasteiger partial charge in [-0.05, 0) is 24.6 Å². The summed E-state index contributed by atoms with van der Waals surface area (Å²) in [6.45, 7) is 2.43. The van der Waals surface area contributed by atoms with Gasteiger partial charge in [0, 0.05) is 16.5 Å². The largest absolute Gasteiger partial charge is 0.454 e. The molecule has 1 unspecified atom stereocenters. The number of hydrazone groups is 1. The van der Waals surface area contributed by atoms with E-state index in [2.05, 4.69) is 12.2 Å². The summed E-state index contributed by atoms with van der Waals surface area (Å²) in [4.78, 5) is 18.1. The van der Waals surface area contributed by atoms with E-state index >= 15 is 0 Å². The van der Waals surface area contributed by atoms with Gasteiger partial charge in [-0.1, -0.05) is 68.6 Å². The van der Waals surface area contributed by atoms with Crippen molar-refractivity contribution in [2.24, 2.45) is 10.1 Å². The highest BCUT2D eigenvalue weighted by molar-refractivity contribution is 8.13. The number of hydrogen-bond acceptors (Lipinski definition) is 7. The van der Waals surface area contributed by atoms with Crippen LogP contribution in [0.2, 0.25) is 0 Å². The van der Waals surface area contributed by atoms with Crippen molar-refractivity contribution >= 4 is 28.5 Å². The smallest absolute Gasteiger partial charge is 0.276 e. The third-order valence-electron chi connectivity index (χ3n) is 5.70. The number of ether oxygens (including phenoxy) is 2. The quantitative estimate of drug-likeness (QED) is 0.656. The molecule has 1 atom stereocenters. The summed E-state index contributed by atoms with van der Waals surface area (Å²) in [6, 6.07) is 13.4. The minimum absolute atomic E-state index is 0.151.